The zero-order valence-electron chi connectivity index (χ0n) is 15.5. The molecule has 2 aliphatic carbocycles. The van der Waals surface area contributed by atoms with Crippen LogP contribution in [0.15, 0.2) is 23.0 Å². The molecule has 0 amide bonds. The van der Waals surface area contributed by atoms with Gasteiger partial charge in [0.25, 0.3) is 0 Å². The normalized spacial score (nSPS) is 45.3. The van der Waals surface area contributed by atoms with Crippen LogP contribution in [-0.4, -0.2) is 35.8 Å². The predicted octanol–water partition coefficient (Wildman–Crippen LogP) is 3.54. The molecule has 24 heavy (non-hydrogen) atoms. The SMILES string of the molecule is CO[C@@H]1C2=C3C[C@@H](C)[C@](C)(CC/C(C)=C/CC[C@](C)(O3)[C@@H]1O)C2=O. The molecule has 4 nitrogen and oxygen atoms in total. The van der Waals surface area contributed by atoms with Crippen LogP contribution >= 0.6 is 0 Å². The molecule has 0 aromatic carbocycles. The largest absolute Gasteiger partial charge is 0.489 e. The fourth-order valence-corrected chi connectivity index (χ4v) is 4.45. The van der Waals surface area contributed by atoms with E-state index in [2.05, 4.69) is 26.8 Å². The fraction of sp³-hybridized carbons (Fsp3) is 0.750. The van der Waals surface area contributed by atoms with Crippen molar-refractivity contribution in [3.63, 3.8) is 0 Å². The molecule has 0 aromatic rings. The molecule has 3 aliphatic heterocycles. The Bertz CT molecular complexity index is 605. The second-order valence-electron chi connectivity index (χ2n) is 8.29. The van der Waals surface area contributed by atoms with Crippen LogP contribution in [0.25, 0.3) is 0 Å². The van der Waals surface area contributed by atoms with Gasteiger partial charge in [-0.25, -0.2) is 0 Å². The van der Waals surface area contributed by atoms with Crippen molar-refractivity contribution in [2.45, 2.75) is 77.6 Å². The minimum absolute atomic E-state index is 0.0950. The number of ether oxygens (including phenoxy) is 2. The van der Waals surface area contributed by atoms with Gasteiger partial charge in [0.05, 0.1) is 5.57 Å². The van der Waals surface area contributed by atoms with E-state index in [4.69, 9.17) is 9.47 Å². The van der Waals surface area contributed by atoms with E-state index in [0.717, 1.165) is 31.4 Å². The molecule has 5 aliphatic rings. The molecular formula is C20H30O4. The summed E-state index contributed by atoms with van der Waals surface area (Å²) in [6.07, 6.45) is 4.87. The standard InChI is InChI=1S/C20H30O4/c1-12-7-6-9-20(4)18(22)16(23-5)15-14(24-20)11-13(2)19(3,10-8-12)17(15)21/h7,13,16,18,22H,6,8-11H2,1-5H3/b12-7+/t13-,16-,18-,19+,20+/m1/s1. The van der Waals surface area contributed by atoms with Gasteiger partial charge in [-0.1, -0.05) is 25.5 Å². The number of hydrogen-bond acceptors (Lipinski definition) is 4. The quantitative estimate of drug-likeness (QED) is 0.745. The van der Waals surface area contributed by atoms with E-state index in [9.17, 15) is 9.90 Å². The first kappa shape index (κ1) is 17.7. The van der Waals surface area contributed by atoms with E-state index in [1.807, 2.05) is 6.92 Å². The Kier molecular flexibility index (Phi) is 4.42. The van der Waals surface area contributed by atoms with Crippen LogP contribution in [0.1, 0.15) is 59.8 Å². The molecule has 134 valence electrons. The third-order valence-corrected chi connectivity index (χ3v) is 6.62. The Balaban J connectivity index is 2.15. The van der Waals surface area contributed by atoms with Crippen LogP contribution in [0.5, 0.6) is 0 Å². The number of aliphatic hydroxyl groups excluding tert-OH is 1. The van der Waals surface area contributed by atoms with Crippen LogP contribution in [0.2, 0.25) is 0 Å². The zero-order valence-corrected chi connectivity index (χ0v) is 15.5. The molecular weight excluding hydrogens is 304 g/mol. The maximum absolute atomic E-state index is 13.4. The van der Waals surface area contributed by atoms with Crippen LogP contribution in [0.4, 0.5) is 0 Å². The Morgan fingerprint density at radius 1 is 1.33 bits per heavy atom. The number of Topliss-reactive ketones (excluding diaryl/α,β-unsaturated/α-hetero) is 1. The summed E-state index contributed by atoms with van der Waals surface area (Å²) >= 11 is 0. The number of methoxy groups -OCH3 is 1. The Morgan fingerprint density at radius 3 is 2.71 bits per heavy atom. The summed E-state index contributed by atoms with van der Waals surface area (Å²) in [7, 11) is 1.57. The van der Waals surface area contributed by atoms with Crippen LogP contribution in [-0.2, 0) is 14.3 Å². The van der Waals surface area contributed by atoms with Gasteiger partial charge in [0.15, 0.2) is 5.78 Å². The minimum Gasteiger partial charge on any atom is -0.489 e. The number of carbonyl (C=O) groups is 1. The number of fused-ring (bicyclic) bond motifs is 2. The minimum atomic E-state index is -0.837. The van der Waals surface area contributed by atoms with E-state index in [-0.39, 0.29) is 11.7 Å². The lowest BCUT2D eigenvalue weighted by atomic mass is 9.62. The summed E-state index contributed by atoms with van der Waals surface area (Å²) in [4.78, 5) is 13.4. The highest BCUT2D eigenvalue weighted by Crippen LogP contribution is 2.50. The molecule has 0 radical (unpaired) electrons. The molecule has 3 heterocycles. The van der Waals surface area contributed by atoms with E-state index >= 15 is 0 Å². The highest BCUT2D eigenvalue weighted by Gasteiger charge is 2.55. The Hall–Kier alpha value is -1.13. The maximum Gasteiger partial charge on any atom is 0.171 e. The molecule has 0 fully saturated rings. The molecule has 1 N–H and O–H groups in total. The molecule has 0 saturated carbocycles. The van der Waals surface area contributed by atoms with Gasteiger partial charge < -0.3 is 14.6 Å². The van der Waals surface area contributed by atoms with Gasteiger partial charge in [0.1, 0.15) is 23.6 Å². The highest BCUT2D eigenvalue weighted by atomic mass is 16.5. The van der Waals surface area contributed by atoms with E-state index in [0.29, 0.717) is 12.0 Å². The summed E-state index contributed by atoms with van der Waals surface area (Å²) in [5, 5.41) is 10.9. The van der Waals surface area contributed by atoms with Gasteiger partial charge in [0, 0.05) is 18.9 Å². The second-order valence-corrected chi connectivity index (χ2v) is 8.29. The molecule has 0 unspecified atom stereocenters. The third kappa shape index (κ3) is 2.55. The van der Waals surface area contributed by atoms with E-state index < -0.39 is 23.2 Å². The van der Waals surface area contributed by atoms with Crippen molar-refractivity contribution in [2.75, 3.05) is 7.11 Å². The lowest BCUT2D eigenvalue weighted by molar-refractivity contribution is -0.165. The van der Waals surface area contributed by atoms with Gasteiger partial charge in [-0.2, -0.15) is 0 Å². The fourth-order valence-electron chi connectivity index (χ4n) is 4.45. The zero-order chi connectivity index (χ0) is 17.7. The number of carbonyl (C=O) groups excluding carboxylic acids is 1. The number of hydrogen-bond donors (Lipinski definition) is 1. The van der Waals surface area contributed by atoms with Crippen molar-refractivity contribution in [1.29, 1.82) is 0 Å². The number of allylic oxidation sites excluding steroid dienone is 3. The number of rotatable bonds is 1. The third-order valence-electron chi connectivity index (χ3n) is 6.62. The van der Waals surface area contributed by atoms with Crippen molar-refractivity contribution in [3.8, 4) is 0 Å². The van der Waals surface area contributed by atoms with Crippen LogP contribution < -0.4 is 0 Å². The van der Waals surface area contributed by atoms with Crippen molar-refractivity contribution in [2.24, 2.45) is 11.3 Å². The lowest BCUT2D eigenvalue weighted by Gasteiger charge is -2.50. The molecule has 0 spiro atoms. The van der Waals surface area contributed by atoms with E-state index in [1.54, 1.807) is 7.11 Å². The van der Waals surface area contributed by atoms with E-state index in [1.165, 1.54) is 5.57 Å². The van der Waals surface area contributed by atoms with Crippen molar-refractivity contribution >= 4 is 5.78 Å². The summed E-state index contributed by atoms with van der Waals surface area (Å²) in [5.74, 6) is 1.05. The van der Waals surface area contributed by atoms with Gasteiger partial charge in [-0.05, 0) is 45.4 Å². The molecule has 4 heteroatoms. The first-order valence-electron chi connectivity index (χ1n) is 9.06. The number of ketones is 1. The maximum atomic E-state index is 13.4. The Morgan fingerprint density at radius 2 is 2.04 bits per heavy atom. The monoisotopic (exact) mass is 334 g/mol. The summed E-state index contributed by atoms with van der Waals surface area (Å²) < 4.78 is 11.9. The van der Waals surface area contributed by atoms with Crippen molar-refractivity contribution in [3.05, 3.63) is 23.0 Å². The molecule has 5 rings (SSSR count). The topological polar surface area (TPSA) is 55.8 Å². The average molecular weight is 334 g/mol. The molecule has 0 aromatic heterocycles. The van der Waals surface area contributed by atoms with Gasteiger partial charge in [0.2, 0.25) is 0 Å². The van der Waals surface area contributed by atoms with Crippen LogP contribution in [0.3, 0.4) is 0 Å². The van der Waals surface area contributed by atoms with Gasteiger partial charge >= 0.3 is 0 Å². The Labute approximate surface area is 144 Å². The predicted molar refractivity (Wildman–Crippen MR) is 92.4 cm³/mol. The highest BCUT2D eigenvalue weighted by molar-refractivity contribution is 6.02. The lowest BCUT2D eigenvalue weighted by Crippen LogP contribution is -2.58. The summed E-state index contributed by atoms with van der Waals surface area (Å²) in [5.41, 5.74) is 0.739. The van der Waals surface area contributed by atoms with Crippen molar-refractivity contribution in [1.82, 2.24) is 0 Å². The van der Waals surface area contributed by atoms with Gasteiger partial charge in [-0.15, -0.1) is 0 Å². The average Bonchev–Trinajstić information content (AvgIpc) is 2.52. The van der Waals surface area contributed by atoms with Crippen LogP contribution in [0, 0.1) is 11.3 Å². The molecule has 4 bridgehead atoms. The smallest absolute Gasteiger partial charge is 0.171 e. The summed E-state index contributed by atoms with van der Waals surface area (Å²) in [6.45, 7) is 8.27. The van der Waals surface area contributed by atoms with Crippen molar-refractivity contribution < 1.29 is 19.4 Å². The summed E-state index contributed by atoms with van der Waals surface area (Å²) in [6, 6.07) is 0. The first-order valence-corrected chi connectivity index (χ1v) is 9.06. The first-order chi connectivity index (χ1) is 11.2. The molecule has 0 saturated heterocycles. The molecule has 5 atom stereocenters. The second kappa shape index (κ2) is 5.99. The number of aliphatic hydroxyl groups is 1. The van der Waals surface area contributed by atoms with Gasteiger partial charge in [-0.3, -0.25) is 4.79 Å².